The molecule has 0 heterocycles. The van der Waals surface area contributed by atoms with Crippen LogP contribution < -0.4 is 5.73 Å². The van der Waals surface area contributed by atoms with E-state index in [1.807, 2.05) is 0 Å². The van der Waals surface area contributed by atoms with Crippen LogP contribution in [0.15, 0.2) is 0 Å². The zero-order valence-corrected chi connectivity index (χ0v) is 9.59. The Morgan fingerprint density at radius 2 is 1.80 bits per heavy atom. The van der Waals surface area contributed by atoms with Crippen molar-refractivity contribution < 1.29 is 19.8 Å². The second kappa shape index (κ2) is 11.2. The Bertz CT molecular complexity index is 220. The van der Waals surface area contributed by atoms with Crippen molar-refractivity contribution in [3.8, 4) is 12.8 Å². The largest absolute Gasteiger partial charge is 0.481 e. The molecule has 0 aliphatic carbocycles. The summed E-state index contributed by atoms with van der Waals surface area (Å²) in [4.78, 5) is 20.3. The first-order chi connectivity index (χ1) is 7.04. The normalized spacial score (nSPS) is 10.9. The third kappa shape index (κ3) is 13.2. The minimum Gasteiger partial charge on any atom is -0.481 e. The van der Waals surface area contributed by atoms with Gasteiger partial charge in [0.2, 0.25) is 0 Å². The number of terminal acetylenes is 1. The van der Waals surface area contributed by atoms with Crippen LogP contribution in [-0.2, 0) is 9.59 Å². The summed E-state index contributed by atoms with van der Waals surface area (Å²) in [5.74, 6) is -1.13. The van der Waals surface area contributed by atoms with E-state index in [2.05, 4.69) is 12.8 Å². The topological polar surface area (TPSA) is 101 Å². The molecule has 0 aliphatic rings. The summed E-state index contributed by atoms with van der Waals surface area (Å²) >= 11 is 0. The van der Waals surface area contributed by atoms with Gasteiger partial charge >= 0.3 is 11.9 Å². The summed E-state index contributed by atoms with van der Waals surface area (Å²) in [6.07, 6.45) is 8.08. The predicted octanol–water partition coefficient (Wildman–Crippen LogP) is 0.504. The monoisotopic (exact) mass is 251 g/mol. The molecule has 0 aromatic heterocycles. The summed E-state index contributed by atoms with van der Waals surface area (Å²) in [6, 6.07) is -0.873. The Balaban J connectivity index is 0. The molecule has 0 bridgehead atoms. The molecule has 0 saturated heterocycles. The number of nitrogens with two attached hydrogens (primary N) is 1. The molecule has 0 aromatic rings. The highest BCUT2D eigenvalue weighted by Gasteiger charge is 2.10. The number of carboxylic acids is 2. The quantitative estimate of drug-likeness (QED) is 0.344. The Labute approximate surface area is 96.2 Å². The van der Waals surface area contributed by atoms with Gasteiger partial charge in [0.25, 0.3) is 0 Å². The van der Waals surface area contributed by atoms with Crippen LogP contribution in [0.5, 0.6) is 0 Å². The lowest BCUT2D eigenvalue weighted by Gasteiger charge is -2.03. The summed E-state index contributed by atoms with van der Waals surface area (Å²) in [7, 11) is 2.60. The van der Waals surface area contributed by atoms with Gasteiger partial charge in [0.15, 0.2) is 0 Å². The van der Waals surface area contributed by atoms with Gasteiger partial charge in [-0.25, -0.2) is 0 Å². The smallest absolute Gasteiger partial charge is 0.321 e. The van der Waals surface area contributed by atoms with Gasteiger partial charge in [-0.2, -0.15) is 0 Å². The van der Waals surface area contributed by atoms with Crippen molar-refractivity contribution in [2.45, 2.75) is 12.5 Å². The molecule has 0 amide bonds. The third-order valence-corrected chi connectivity index (χ3v) is 3.49. The summed E-state index contributed by atoms with van der Waals surface area (Å²) in [6.45, 7) is 0. The number of hydrogen-bond acceptors (Lipinski definition) is 5. The van der Waals surface area contributed by atoms with E-state index in [4.69, 9.17) is 15.9 Å². The van der Waals surface area contributed by atoms with Crippen LogP contribution in [0.25, 0.3) is 0 Å². The minimum atomic E-state index is -1.04. The van der Waals surface area contributed by atoms with Crippen LogP contribution in [0.1, 0.15) is 6.42 Å². The fourth-order valence-electron chi connectivity index (χ4n) is 0.381. The maximum atomic E-state index is 10.2. The molecule has 4 N–H and O–H groups in total. The van der Waals surface area contributed by atoms with E-state index in [9.17, 15) is 9.59 Å². The molecule has 7 heteroatoms. The van der Waals surface area contributed by atoms with Crippen LogP contribution in [0.4, 0.5) is 0 Å². The summed E-state index contributed by atoms with van der Waals surface area (Å²) in [5.41, 5.74) is 5.21. The maximum absolute atomic E-state index is 10.2. The van der Waals surface area contributed by atoms with Gasteiger partial charge in [-0.15, -0.1) is 12.8 Å². The number of rotatable bonds is 7. The van der Waals surface area contributed by atoms with E-state index < -0.39 is 18.0 Å². The van der Waals surface area contributed by atoms with Gasteiger partial charge < -0.3 is 15.9 Å². The van der Waals surface area contributed by atoms with Crippen LogP contribution in [0.2, 0.25) is 0 Å². The number of carboxylic acid groups (broad SMARTS) is 2. The zero-order valence-electron chi connectivity index (χ0n) is 7.96. The molecule has 0 unspecified atom stereocenters. The second-order valence-corrected chi connectivity index (χ2v) is 4.82. The van der Waals surface area contributed by atoms with Gasteiger partial charge in [-0.3, -0.25) is 9.59 Å². The molecule has 0 saturated carbocycles. The van der Waals surface area contributed by atoms with Gasteiger partial charge in [0.05, 0.1) is 6.42 Å². The Morgan fingerprint density at radius 3 is 2.20 bits per heavy atom. The molecular weight excluding hydrogens is 238 g/mol. The molecule has 15 heavy (non-hydrogen) atoms. The van der Waals surface area contributed by atoms with Crippen molar-refractivity contribution in [1.82, 2.24) is 0 Å². The zero-order chi connectivity index (χ0) is 12.3. The fourth-order valence-corrected chi connectivity index (χ4v) is 2.47. The fraction of sp³-hybridized carbons (Fsp3) is 0.500. The summed E-state index contributed by atoms with van der Waals surface area (Å²) < 4.78 is 0. The van der Waals surface area contributed by atoms with Crippen LogP contribution >= 0.6 is 21.6 Å². The van der Waals surface area contributed by atoms with Crippen LogP contribution in [0.3, 0.4) is 0 Å². The summed E-state index contributed by atoms with van der Waals surface area (Å²) in [5, 5.41) is 16.7. The average Bonchev–Trinajstić information content (AvgIpc) is 2.19. The van der Waals surface area contributed by atoms with E-state index >= 15 is 0 Å². The van der Waals surface area contributed by atoms with E-state index in [1.54, 1.807) is 0 Å². The highest BCUT2D eigenvalue weighted by molar-refractivity contribution is 8.76. The molecule has 0 fully saturated rings. The van der Waals surface area contributed by atoms with Crippen molar-refractivity contribution in [1.29, 1.82) is 0 Å². The number of hydrogen-bond donors (Lipinski definition) is 3. The van der Waals surface area contributed by atoms with Crippen LogP contribution in [-0.4, -0.2) is 39.7 Å². The van der Waals surface area contributed by atoms with Gasteiger partial charge in [0.1, 0.15) is 6.04 Å². The molecule has 0 spiro atoms. The van der Waals surface area contributed by atoms with Gasteiger partial charge in [0, 0.05) is 11.5 Å². The van der Waals surface area contributed by atoms with Crippen molar-refractivity contribution in [3.63, 3.8) is 0 Å². The Kier molecular flexibility index (Phi) is 12.4. The molecule has 0 radical (unpaired) electrons. The van der Waals surface area contributed by atoms with Crippen molar-refractivity contribution >= 4 is 33.5 Å². The molecule has 0 aliphatic heterocycles. The van der Waals surface area contributed by atoms with Gasteiger partial charge in [-0.1, -0.05) is 21.6 Å². The molecule has 86 valence electrons. The van der Waals surface area contributed by atoms with E-state index in [0.717, 1.165) is 0 Å². The van der Waals surface area contributed by atoms with Crippen molar-refractivity contribution in [2.24, 2.45) is 5.73 Å². The SMILES string of the molecule is C#C.N[C@H](CSSCCC(=O)O)C(=O)O. The molecular formula is C8H13NO4S2. The first-order valence-electron chi connectivity index (χ1n) is 3.82. The van der Waals surface area contributed by atoms with Crippen LogP contribution in [0, 0.1) is 12.8 Å². The highest BCUT2D eigenvalue weighted by Crippen LogP contribution is 2.22. The minimum absolute atomic E-state index is 0.0833. The molecule has 0 aromatic carbocycles. The number of aliphatic carboxylic acids is 2. The third-order valence-electron chi connectivity index (χ3n) is 1.05. The number of carbonyl (C=O) groups is 2. The lowest BCUT2D eigenvalue weighted by molar-refractivity contribution is -0.138. The van der Waals surface area contributed by atoms with Crippen molar-refractivity contribution in [3.05, 3.63) is 0 Å². The first-order valence-corrected chi connectivity index (χ1v) is 6.30. The van der Waals surface area contributed by atoms with E-state index in [-0.39, 0.29) is 6.42 Å². The Morgan fingerprint density at radius 1 is 1.27 bits per heavy atom. The first kappa shape index (κ1) is 16.6. The standard InChI is InChI=1S/C6H11NO4S2.C2H2/c7-4(6(10)11)3-13-12-2-1-5(8)9;1-2/h4H,1-3,7H2,(H,8,9)(H,10,11);1-2H/t4-;/m1./s1. The lowest BCUT2D eigenvalue weighted by Crippen LogP contribution is -2.32. The van der Waals surface area contributed by atoms with Crippen molar-refractivity contribution in [2.75, 3.05) is 11.5 Å². The second-order valence-electron chi connectivity index (χ2n) is 2.19. The molecule has 1 atom stereocenters. The molecule has 0 rings (SSSR count). The lowest BCUT2D eigenvalue weighted by atomic mass is 10.4. The average molecular weight is 251 g/mol. The maximum Gasteiger partial charge on any atom is 0.321 e. The molecule has 5 nitrogen and oxygen atoms in total. The van der Waals surface area contributed by atoms with E-state index in [1.165, 1.54) is 21.6 Å². The predicted molar refractivity (Wildman–Crippen MR) is 62.7 cm³/mol. The highest BCUT2D eigenvalue weighted by atomic mass is 33.1. The Hall–Kier alpha value is -0.840. The van der Waals surface area contributed by atoms with E-state index in [0.29, 0.717) is 11.5 Å². The van der Waals surface area contributed by atoms with Gasteiger partial charge in [-0.05, 0) is 0 Å².